The number of nitrogens with one attached hydrogen (secondary N) is 1. The van der Waals surface area contributed by atoms with Crippen molar-refractivity contribution < 1.29 is 19.1 Å². The fraction of sp³-hybridized carbons (Fsp3) is 0. The first-order valence-corrected chi connectivity index (χ1v) is 6.63. The van der Waals surface area contributed by atoms with Gasteiger partial charge in [-0.25, -0.2) is 4.79 Å². The zero-order chi connectivity index (χ0) is 14.1. The number of fused-ring (bicyclic) bond motifs is 1. The number of hydrogen-bond acceptors (Lipinski definition) is 4. The molecule has 2 N–H and O–H groups in total. The minimum absolute atomic E-state index is 0.103. The summed E-state index contributed by atoms with van der Waals surface area (Å²) in [6.07, 6.45) is 1.37. The first kappa shape index (κ1) is 12.4. The molecule has 1 aromatic carbocycles. The molecular formula is C14H9NO4S. The Labute approximate surface area is 117 Å². The molecular weight excluding hydrogens is 278 g/mol. The number of aromatic carboxylic acids is 1. The van der Waals surface area contributed by atoms with Gasteiger partial charge >= 0.3 is 5.97 Å². The van der Waals surface area contributed by atoms with Crippen LogP contribution in [0.15, 0.2) is 46.4 Å². The van der Waals surface area contributed by atoms with Crippen molar-refractivity contribution in [3.63, 3.8) is 0 Å². The molecule has 6 heteroatoms. The molecule has 20 heavy (non-hydrogen) atoms. The fourth-order valence-electron chi connectivity index (χ4n) is 1.92. The van der Waals surface area contributed by atoms with Crippen molar-refractivity contribution in [1.29, 1.82) is 0 Å². The molecule has 0 fully saturated rings. The number of amides is 1. The van der Waals surface area contributed by atoms with Crippen LogP contribution in [0.1, 0.15) is 20.0 Å². The van der Waals surface area contributed by atoms with Crippen molar-refractivity contribution >= 4 is 39.9 Å². The SMILES string of the molecule is O=C(O)c1sccc1NC(=O)c1coc2ccccc12. The third-order valence-corrected chi connectivity index (χ3v) is 3.74. The highest BCUT2D eigenvalue weighted by atomic mass is 32.1. The maximum atomic E-state index is 12.2. The van der Waals surface area contributed by atoms with Crippen LogP contribution >= 0.6 is 11.3 Å². The minimum atomic E-state index is -1.06. The van der Waals surface area contributed by atoms with Gasteiger partial charge in [-0.1, -0.05) is 18.2 Å². The summed E-state index contributed by atoms with van der Waals surface area (Å²) in [5.41, 5.74) is 1.28. The van der Waals surface area contributed by atoms with E-state index >= 15 is 0 Å². The fourth-order valence-corrected chi connectivity index (χ4v) is 2.60. The Kier molecular flexibility index (Phi) is 3.00. The minimum Gasteiger partial charge on any atom is -0.477 e. The third-order valence-electron chi connectivity index (χ3n) is 2.83. The van der Waals surface area contributed by atoms with E-state index in [4.69, 9.17) is 9.52 Å². The van der Waals surface area contributed by atoms with Gasteiger partial charge in [0, 0.05) is 5.39 Å². The molecule has 0 saturated heterocycles. The van der Waals surface area contributed by atoms with Crippen molar-refractivity contribution in [3.8, 4) is 0 Å². The van der Waals surface area contributed by atoms with E-state index in [2.05, 4.69) is 5.32 Å². The maximum Gasteiger partial charge on any atom is 0.348 e. The number of para-hydroxylation sites is 1. The number of rotatable bonds is 3. The van der Waals surface area contributed by atoms with E-state index in [1.54, 1.807) is 23.6 Å². The van der Waals surface area contributed by atoms with E-state index in [0.717, 1.165) is 11.3 Å². The number of carboxylic acids is 1. The summed E-state index contributed by atoms with van der Waals surface area (Å²) in [7, 11) is 0. The molecule has 1 amide bonds. The standard InChI is InChI=1S/C14H9NO4S/c16-13(15-10-5-6-20-12(10)14(17)18)9-7-19-11-4-2-1-3-8(9)11/h1-7H,(H,15,16)(H,17,18). The van der Waals surface area contributed by atoms with Crippen molar-refractivity contribution in [3.05, 3.63) is 52.4 Å². The lowest BCUT2D eigenvalue weighted by Gasteiger charge is -2.02. The highest BCUT2D eigenvalue weighted by Crippen LogP contribution is 2.25. The zero-order valence-electron chi connectivity index (χ0n) is 10.1. The predicted octanol–water partition coefficient (Wildman–Crippen LogP) is 3.44. The van der Waals surface area contributed by atoms with Crippen LogP contribution < -0.4 is 5.32 Å². The van der Waals surface area contributed by atoms with Gasteiger partial charge in [0.15, 0.2) is 0 Å². The molecule has 3 rings (SSSR count). The van der Waals surface area contributed by atoms with Crippen LogP contribution in [0.25, 0.3) is 11.0 Å². The Morgan fingerprint density at radius 3 is 2.80 bits per heavy atom. The molecule has 2 aromatic heterocycles. The number of carbonyl (C=O) groups is 2. The smallest absolute Gasteiger partial charge is 0.348 e. The molecule has 0 radical (unpaired) electrons. The molecule has 0 unspecified atom stereocenters. The highest BCUT2D eigenvalue weighted by molar-refractivity contribution is 7.12. The molecule has 0 aliphatic heterocycles. The molecule has 0 bridgehead atoms. The van der Waals surface area contributed by atoms with Gasteiger partial charge in [-0.15, -0.1) is 11.3 Å². The molecule has 0 aliphatic rings. The first-order valence-electron chi connectivity index (χ1n) is 5.75. The van der Waals surface area contributed by atoms with Crippen molar-refractivity contribution in [2.24, 2.45) is 0 Å². The van der Waals surface area contributed by atoms with Gasteiger partial charge in [0.2, 0.25) is 0 Å². The van der Waals surface area contributed by atoms with Crippen LogP contribution in [0.3, 0.4) is 0 Å². The summed E-state index contributed by atoms with van der Waals surface area (Å²) in [6, 6.07) is 8.73. The maximum absolute atomic E-state index is 12.2. The normalized spacial score (nSPS) is 10.6. The molecule has 0 saturated carbocycles. The van der Waals surface area contributed by atoms with Crippen molar-refractivity contribution in [2.75, 3.05) is 5.32 Å². The Morgan fingerprint density at radius 1 is 1.20 bits per heavy atom. The number of carboxylic acid groups (broad SMARTS) is 1. The third kappa shape index (κ3) is 2.06. The summed E-state index contributed by atoms with van der Waals surface area (Å²) >= 11 is 1.06. The predicted molar refractivity (Wildman–Crippen MR) is 75.4 cm³/mol. The summed E-state index contributed by atoms with van der Waals surface area (Å²) in [5, 5.41) is 13.9. The second-order valence-electron chi connectivity index (χ2n) is 4.07. The van der Waals surface area contributed by atoms with Crippen LogP contribution in [-0.2, 0) is 0 Å². The quantitative estimate of drug-likeness (QED) is 0.773. The average Bonchev–Trinajstić information content (AvgIpc) is 3.04. The summed E-state index contributed by atoms with van der Waals surface area (Å²) < 4.78 is 5.29. The number of hydrogen-bond donors (Lipinski definition) is 2. The van der Waals surface area contributed by atoms with Gasteiger partial charge in [-0.2, -0.15) is 0 Å². The number of benzene rings is 1. The average molecular weight is 287 g/mol. The lowest BCUT2D eigenvalue weighted by Crippen LogP contribution is -2.12. The Morgan fingerprint density at radius 2 is 2.00 bits per heavy atom. The molecule has 0 aliphatic carbocycles. The summed E-state index contributed by atoms with van der Waals surface area (Å²) in [4.78, 5) is 23.3. The van der Waals surface area contributed by atoms with Crippen LogP contribution in [-0.4, -0.2) is 17.0 Å². The van der Waals surface area contributed by atoms with Crippen LogP contribution in [0.5, 0.6) is 0 Å². The van der Waals surface area contributed by atoms with Gasteiger partial charge in [-0.3, -0.25) is 4.79 Å². The molecule has 0 spiro atoms. The second-order valence-corrected chi connectivity index (χ2v) is 4.98. The van der Waals surface area contributed by atoms with Gasteiger partial charge < -0.3 is 14.8 Å². The Balaban J connectivity index is 1.93. The van der Waals surface area contributed by atoms with Gasteiger partial charge in [0.1, 0.15) is 16.7 Å². The Hall–Kier alpha value is -2.60. The molecule has 0 atom stereocenters. The number of thiophene rings is 1. The number of anilines is 1. The number of carbonyl (C=O) groups excluding carboxylic acids is 1. The van der Waals surface area contributed by atoms with Gasteiger partial charge in [-0.05, 0) is 17.5 Å². The lowest BCUT2D eigenvalue weighted by molar-refractivity contribution is 0.0703. The van der Waals surface area contributed by atoms with Gasteiger partial charge in [0.05, 0.1) is 11.3 Å². The molecule has 100 valence electrons. The van der Waals surface area contributed by atoms with E-state index in [9.17, 15) is 9.59 Å². The van der Waals surface area contributed by atoms with Gasteiger partial charge in [0.25, 0.3) is 5.91 Å². The topological polar surface area (TPSA) is 79.5 Å². The Bertz CT molecular complexity index is 802. The molecule has 5 nitrogen and oxygen atoms in total. The van der Waals surface area contributed by atoms with E-state index in [-0.39, 0.29) is 10.6 Å². The zero-order valence-corrected chi connectivity index (χ0v) is 10.9. The monoisotopic (exact) mass is 287 g/mol. The van der Waals surface area contributed by atoms with Crippen LogP contribution in [0.2, 0.25) is 0 Å². The first-order chi connectivity index (χ1) is 9.66. The molecule has 3 aromatic rings. The van der Waals surface area contributed by atoms with E-state index in [1.165, 1.54) is 6.26 Å². The lowest BCUT2D eigenvalue weighted by atomic mass is 10.1. The summed E-state index contributed by atoms with van der Waals surface area (Å²) in [5.74, 6) is -1.46. The molecule has 2 heterocycles. The highest BCUT2D eigenvalue weighted by Gasteiger charge is 2.17. The van der Waals surface area contributed by atoms with E-state index in [1.807, 2.05) is 12.1 Å². The van der Waals surface area contributed by atoms with E-state index < -0.39 is 11.9 Å². The number of furan rings is 1. The van der Waals surface area contributed by atoms with Crippen molar-refractivity contribution in [1.82, 2.24) is 0 Å². The largest absolute Gasteiger partial charge is 0.477 e. The summed E-state index contributed by atoms with van der Waals surface area (Å²) in [6.45, 7) is 0. The van der Waals surface area contributed by atoms with Crippen LogP contribution in [0.4, 0.5) is 5.69 Å². The van der Waals surface area contributed by atoms with Crippen molar-refractivity contribution in [2.45, 2.75) is 0 Å². The van der Waals surface area contributed by atoms with Crippen LogP contribution in [0, 0.1) is 0 Å². The van der Waals surface area contributed by atoms with E-state index in [0.29, 0.717) is 16.5 Å². The second kappa shape index (κ2) is 4.82.